The minimum absolute atomic E-state index is 0.0500. The van der Waals surface area contributed by atoms with E-state index in [1.807, 2.05) is 42.5 Å². The minimum atomic E-state index is -0.759. The van der Waals surface area contributed by atoms with Crippen LogP contribution >= 0.6 is 15.9 Å². The first-order valence-corrected chi connectivity index (χ1v) is 6.48. The Bertz CT molecular complexity index is 520. The van der Waals surface area contributed by atoms with Crippen LogP contribution in [0.15, 0.2) is 59.1 Å². The molecule has 1 atom stereocenters. The van der Waals surface area contributed by atoms with E-state index >= 15 is 0 Å². The normalized spacial score (nSPS) is 12.1. The van der Waals surface area contributed by atoms with Crippen molar-refractivity contribution in [2.75, 3.05) is 0 Å². The van der Waals surface area contributed by atoms with Crippen LogP contribution in [0.3, 0.4) is 0 Å². The molecule has 0 aliphatic rings. The molecule has 0 heterocycles. The van der Waals surface area contributed by atoms with E-state index in [4.69, 9.17) is 0 Å². The molecular weight excluding hydrogens is 292 g/mol. The van der Waals surface area contributed by atoms with Gasteiger partial charge in [0.1, 0.15) is 0 Å². The molecule has 0 amide bonds. The lowest BCUT2D eigenvalue weighted by atomic mass is 10.0. The third kappa shape index (κ3) is 3.28. The molecule has 0 saturated carbocycles. The van der Waals surface area contributed by atoms with E-state index < -0.39 is 6.10 Å². The number of aliphatic hydroxyl groups is 1. The molecule has 0 spiro atoms. The van der Waals surface area contributed by atoms with E-state index in [9.17, 15) is 9.90 Å². The van der Waals surface area contributed by atoms with Crippen molar-refractivity contribution in [3.8, 4) is 0 Å². The number of hydrogen-bond acceptors (Lipinski definition) is 2. The van der Waals surface area contributed by atoms with Crippen molar-refractivity contribution >= 4 is 21.7 Å². The van der Waals surface area contributed by atoms with Crippen molar-refractivity contribution in [3.05, 3.63) is 70.2 Å². The molecular formula is C15H13BrO2. The molecule has 1 N–H and O–H groups in total. The summed E-state index contributed by atoms with van der Waals surface area (Å²) >= 11 is 3.33. The summed E-state index contributed by atoms with van der Waals surface area (Å²) < 4.78 is 0.952. The van der Waals surface area contributed by atoms with E-state index in [0.717, 1.165) is 10.0 Å². The number of benzene rings is 2. The third-order valence-corrected chi connectivity index (χ3v) is 3.26. The van der Waals surface area contributed by atoms with Gasteiger partial charge in [0.25, 0.3) is 0 Å². The first-order valence-electron chi connectivity index (χ1n) is 5.68. The van der Waals surface area contributed by atoms with Crippen molar-refractivity contribution in [2.24, 2.45) is 0 Å². The molecule has 92 valence electrons. The highest BCUT2D eigenvalue weighted by Crippen LogP contribution is 2.21. The Balaban J connectivity index is 2.06. The maximum Gasteiger partial charge on any atom is 0.165 e. The Morgan fingerprint density at radius 1 is 1.06 bits per heavy atom. The van der Waals surface area contributed by atoms with E-state index in [2.05, 4.69) is 15.9 Å². The van der Waals surface area contributed by atoms with Gasteiger partial charge in [-0.15, -0.1) is 0 Å². The highest BCUT2D eigenvalue weighted by molar-refractivity contribution is 9.10. The Morgan fingerprint density at radius 2 is 1.67 bits per heavy atom. The fourth-order valence-electron chi connectivity index (χ4n) is 1.72. The summed E-state index contributed by atoms with van der Waals surface area (Å²) in [6.07, 6.45) is -0.656. The lowest BCUT2D eigenvalue weighted by Crippen LogP contribution is -2.06. The van der Waals surface area contributed by atoms with Gasteiger partial charge >= 0.3 is 0 Å². The highest BCUT2D eigenvalue weighted by Gasteiger charge is 2.14. The first-order chi connectivity index (χ1) is 8.66. The zero-order valence-corrected chi connectivity index (χ0v) is 11.3. The van der Waals surface area contributed by atoms with Gasteiger partial charge in [-0.3, -0.25) is 4.79 Å². The van der Waals surface area contributed by atoms with Crippen LogP contribution in [0.5, 0.6) is 0 Å². The number of aliphatic hydroxyl groups excluding tert-OH is 1. The van der Waals surface area contributed by atoms with Crippen molar-refractivity contribution < 1.29 is 9.90 Å². The van der Waals surface area contributed by atoms with Gasteiger partial charge in [0.15, 0.2) is 5.78 Å². The third-order valence-electron chi connectivity index (χ3n) is 2.73. The van der Waals surface area contributed by atoms with Crippen LogP contribution in [0.2, 0.25) is 0 Å². The summed E-state index contributed by atoms with van der Waals surface area (Å²) in [7, 11) is 0. The number of halogens is 1. The maximum absolute atomic E-state index is 11.9. The summed E-state index contributed by atoms with van der Waals surface area (Å²) in [6.45, 7) is 0. The van der Waals surface area contributed by atoms with Crippen molar-refractivity contribution in [3.63, 3.8) is 0 Å². The van der Waals surface area contributed by atoms with Crippen LogP contribution in [0.4, 0.5) is 0 Å². The largest absolute Gasteiger partial charge is 0.388 e. The van der Waals surface area contributed by atoms with Crippen LogP contribution in [-0.2, 0) is 0 Å². The topological polar surface area (TPSA) is 37.3 Å². The maximum atomic E-state index is 11.9. The smallest absolute Gasteiger partial charge is 0.165 e. The molecule has 0 fully saturated rings. The standard InChI is InChI=1S/C15H13BrO2/c16-13-8-6-12(7-9-13)15(18)10-14(17)11-4-2-1-3-5-11/h1-9,15,18H,10H2. The average Bonchev–Trinajstić information content (AvgIpc) is 2.40. The molecule has 2 aromatic rings. The predicted molar refractivity (Wildman–Crippen MR) is 74.5 cm³/mol. The summed E-state index contributed by atoms with van der Waals surface area (Å²) in [4.78, 5) is 11.9. The second-order valence-electron chi connectivity index (χ2n) is 4.06. The first kappa shape index (κ1) is 13.0. The molecule has 2 nitrogen and oxygen atoms in total. The average molecular weight is 305 g/mol. The van der Waals surface area contributed by atoms with Gasteiger partial charge in [-0.25, -0.2) is 0 Å². The number of Topliss-reactive ketones (excluding diaryl/α,β-unsaturated/α-hetero) is 1. The van der Waals surface area contributed by atoms with Gasteiger partial charge < -0.3 is 5.11 Å². The molecule has 0 aliphatic carbocycles. The summed E-state index contributed by atoms with van der Waals surface area (Å²) in [5.41, 5.74) is 1.39. The van der Waals surface area contributed by atoms with E-state index in [0.29, 0.717) is 5.56 Å². The zero-order valence-electron chi connectivity index (χ0n) is 9.71. The molecule has 3 heteroatoms. The molecule has 18 heavy (non-hydrogen) atoms. The fourth-order valence-corrected chi connectivity index (χ4v) is 1.98. The Hall–Kier alpha value is -1.45. The lowest BCUT2D eigenvalue weighted by Gasteiger charge is -2.10. The second-order valence-corrected chi connectivity index (χ2v) is 4.98. The number of carbonyl (C=O) groups is 1. The van der Waals surface area contributed by atoms with Gasteiger partial charge in [-0.1, -0.05) is 58.4 Å². The van der Waals surface area contributed by atoms with Crippen LogP contribution in [0, 0.1) is 0 Å². The molecule has 0 saturated heterocycles. The SMILES string of the molecule is O=C(CC(O)c1ccc(Br)cc1)c1ccccc1. The van der Waals surface area contributed by atoms with Crippen LogP contribution in [0.1, 0.15) is 28.4 Å². The van der Waals surface area contributed by atoms with Gasteiger partial charge in [-0.05, 0) is 17.7 Å². The Kier molecular flexibility index (Phi) is 4.28. The highest BCUT2D eigenvalue weighted by atomic mass is 79.9. The zero-order chi connectivity index (χ0) is 13.0. The quantitative estimate of drug-likeness (QED) is 0.873. The van der Waals surface area contributed by atoms with E-state index in [1.165, 1.54) is 0 Å². The van der Waals surface area contributed by atoms with Crippen molar-refractivity contribution in [1.29, 1.82) is 0 Å². The summed E-state index contributed by atoms with van der Waals surface area (Å²) in [5, 5.41) is 10.0. The van der Waals surface area contributed by atoms with Gasteiger partial charge in [0.05, 0.1) is 6.10 Å². The number of carbonyl (C=O) groups excluding carboxylic acids is 1. The second kappa shape index (κ2) is 5.94. The molecule has 0 aliphatic heterocycles. The molecule has 1 unspecified atom stereocenters. The van der Waals surface area contributed by atoms with Crippen molar-refractivity contribution in [1.82, 2.24) is 0 Å². The number of hydrogen-bond donors (Lipinski definition) is 1. The van der Waals surface area contributed by atoms with Gasteiger partial charge in [-0.2, -0.15) is 0 Å². The Morgan fingerprint density at radius 3 is 2.28 bits per heavy atom. The van der Waals surface area contributed by atoms with Gasteiger partial charge in [0.2, 0.25) is 0 Å². The molecule has 0 bridgehead atoms. The monoisotopic (exact) mass is 304 g/mol. The van der Waals surface area contributed by atoms with Crippen LogP contribution < -0.4 is 0 Å². The summed E-state index contributed by atoms with van der Waals surface area (Å²) in [6, 6.07) is 16.4. The predicted octanol–water partition coefficient (Wildman–Crippen LogP) is 3.76. The van der Waals surface area contributed by atoms with Crippen LogP contribution in [0.25, 0.3) is 0 Å². The van der Waals surface area contributed by atoms with E-state index in [1.54, 1.807) is 12.1 Å². The molecule has 0 radical (unpaired) electrons. The molecule has 2 aromatic carbocycles. The number of rotatable bonds is 4. The molecule has 2 rings (SSSR count). The van der Waals surface area contributed by atoms with Crippen molar-refractivity contribution in [2.45, 2.75) is 12.5 Å². The molecule has 0 aromatic heterocycles. The summed E-state index contributed by atoms with van der Waals surface area (Å²) in [5.74, 6) is -0.0500. The fraction of sp³-hybridized carbons (Fsp3) is 0.133. The minimum Gasteiger partial charge on any atom is -0.388 e. The number of ketones is 1. The van der Waals surface area contributed by atoms with Crippen LogP contribution in [-0.4, -0.2) is 10.9 Å². The van der Waals surface area contributed by atoms with E-state index in [-0.39, 0.29) is 12.2 Å². The lowest BCUT2D eigenvalue weighted by molar-refractivity contribution is 0.0880. The Labute approximate surface area is 114 Å². The van der Waals surface area contributed by atoms with Gasteiger partial charge in [0, 0.05) is 16.5 Å².